The highest BCUT2D eigenvalue weighted by Gasteiger charge is 2.05. The number of thiocarbonyl (C=S) groups is 1. The fourth-order valence-corrected chi connectivity index (χ4v) is 1.51. The molecule has 0 unspecified atom stereocenters. The van der Waals surface area contributed by atoms with Crippen molar-refractivity contribution in [2.45, 2.75) is 0 Å². The Balaban J connectivity index is 3.04. The molecule has 12 heavy (non-hydrogen) atoms. The van der Waals surface area contributed by atoms with Crippen LogP contribution in [0.5, 0.6) is 0 Å². The summed E-state index contributed by atoms with van der Waals surface area (Å²) in [7, 11) is 0. The van der Waals surface area contributed by atoms with Crippen molar-refractivity contribution < 1.29 is 4.39 Å². The number of nitrogens with one attached hydrogen (secondary N) is 1. The lowest BCUT2D eigenvalue weighted by Crippen LogP contribution is -2.04. The van der Waals surface area contributed by atoms with Gasteiger partial charge in [0.1, 0.15) is 5.82 Å². The van der Waals surface area contributed by atoms with Crippen LogP contribution in [0.3, 0.4) is 0 Å². The van der Waals surface area contributed by atoms with Gasteiger partial charge >= 0.3 is 0 Å². The topological polar surface area (TPSA) is 12.0 Å². The van der Waals surface area contributed by atoms with Crippen molar-refractivity contribution in [1.82, 2.24) is 0 Å². The molecule has 0 amide bonds. The zero-order chi connectivity index (χ0) is 9.14. The molecular weight excluding hydrogens is 312 g/mol. The van der Waals surface area contributed by atoms with E-state index in [1.165, 1.54) is 6.07 Å². The van der Waals surface area contributed by atoms with Crippen LogP contribution >= 0.6 is 46.4 Å². The minimum Gasteiger partial charge on any atom is -0.334 e. The number of halogens is 3. The van der Waals surface area contributed by atoms with E-state index in [1.54, 1.807) is 12.1 Å². The highest BCUT2D eigenvalue weighted by Crippen LogP contribution is 2.21. The van der Waals surface area contributed by atoms with Gasteiger partial charge in [-0.15, -0.1) is 0 Å². The third-order valence-corrected chi connectivity index (χ3v) is 2.28. The maximum atomic E-state index is 13.0. The van der Waals surface area contributed by atoms with Gasteiger partial charge in [0.2, 0.25) is 0 Å². The summed E-state index contributed by atoms with van der Waals surface area (Å²) in [4.78, 5) is 0. The first-order valence-corrected chi connectivity index (χ1v) is 4.88. The molecule has 0 atom stereocenters. The lowest BCUT2D eigenvalue weighted by Gasteiger charge is -2.05. The van der Waals surface area contributed by atoms with Gasteiger partial charge in [0.15, 0.2) is 4.45 Å². The fraction of sp³-hybridized carbons (Fsp3) is 0. The Morgan fingerprint density at radius 1 is 1.58 bits per heavy atom. The number of hydrogen-bond donors (Lipinski definition) is 1. The minimum absolute atomic E-state index is 0.0398. The third kappa shape index (κ3) is 2.53. The molecule has 0 fully saturated rings. The number of benzene rings is 1. The van der Waals surface area contributed by atoms with E-state index >= 15 is 0 Å². The maximum absolute atomic E-state index is 13.0. The Bertz CT molecular complexity index is 298. The summed E-state index contributed by atoms with van der Waals surface area (Å²) in [5, 5.41) is 2.56. The molecule has 0 saturated carbocycles. The third-order valence-electron chi connectivity index (χ3n) is 1.19. The summed E-state index contributed by atoms with van der Waals surface area (Å²) in [6.07, 6.45) is 0. The van der Waals surface area contributed by atoms with Gasteiger partial charge in [-0.1, -0.05) is 17.7 Å². The number of rotatable bonds is 1. The highest BCUT2D eigenvalue weighted by atomic mass is 127. The zero-order valence-corrected chi connectivity index (χ0v) is 9.50. The minimum atomic E-state index is -0.357. The quantitative estimate of drug-likeness (QED) is 0.369. The molecule has 1 aromatic carbocycles. The van der Waals surface area contributed by atoms with Crippen LogP contribution in [0, 0.1) is 9.39 Å². The van der Waals surface area contributed by atoms with Crippen molar-refractivity contribution in [2.75, 3.05) is 5.32 Å². The molecule has 0 aromatic heterocycles. The van der Waals surface area contributed by atoms with Crippen molar-refractivity contribution in [3.63, 3.8) is 0 Å². The van der Waals surface area contributed by atoms with Gasteiger partial charge in [0.05, 0.1) is 5.69 Å². The predicted octanol–water partition coefficient (Wildman–Crippen LogP) is 3.37. The van der Waals surface area contributed by atoms with Gasteiger partial charge in [-0.2, -0.15) is 0 Å². The average Bonchev–Trinajstić information content (AvgIpc) is 1.97. The molecule has 0 bridgehead atoms. The van der Waals surface area contributed by atoms with Crippen LogP contribution in [-0.2, 0) is 0 Å². The van der Waals surface area contributed by atoms with E-state index in [4.69, 9.17) is 11.6 Å². The van der Waals surface area contributed by atoms with Crippen LogP contribution in [0.15, 0.2) is 18.2 Å². The molecule has 0 radical (unpaired) electrons. The first-order valence-electron chi connectivity index (χ1n) is 3.02. The summed E-state index contributed by atoms with van der Waals surface area (Å²) in [5.41, 5.74) is 0.332. The lowest BCUT2D eigenvalue weighted by atomic mass is 10.3. The molecule has 0 aliphatic heterocycles. The fourth-order valence-electron chi connectivity index (χ4n) is 0.716. The number of anilines is 1. The van der Waals surface area contributed by atoms with E-state index in [9.17, 15) is 4.39 Å². The molecule has 1 N–H and O–H groups in total. The second kappa shape index (κ2) is 4.34. The maximum Gasteiger partial charge on any atom is 0.171 e. The molecule has 0 spiro atoms. The Kier molecular flexibility index (Phi) is 3.67. The van der Waals surface area contributed by atoms with Gasteiger partial charge in [-0.25, -0.2) is 4.39 Å². The molecule has 5 heteroatoms. The van der Waals surface area contributed by atoms with Crippen molar-refractivity contribution in [3.05, 3.63) is 27.6 Å². The van der Waals surface area contributed by atoms with Crippen molar-refractivity contribution in [3.8, 4) is 0 Å². The van der Waals surface area contributed by atoms with Gasteiger partial charge < -0.3 is 5.32 Å². The Hall–Kier alpha value is 0.0600. The first kappa shape index (κ1) is 10.1. The summed E-state index contributed by atoms with van der Waals surface area (Å²) in [6, 6.07) is 4.74. The Morgan fingerprint density at radius 3 is 2.75 bits per heavy atom. The molecule has 1 nitrogen and oxygen atoms in total. The van der Waals surface area contributed by atoms with Gasteiger partial charge in [0, 0.05) is 3.57 Å². The lowest BCUT2D eigenvalue weighted by molar-refractivity contribution is 0.631. The normalized spacial score (nSPS) is 9.58. The van der Waals surface area contributed by atoms with E-state index in [0.29, 0.717) is 5.69 Å². The largest absolute Gasteiger partial charge is 0.334 e. The average molecular weight is 316 g/mol. The molecule has 0 aliphatic carbocycles. The second-order valence-corrected chi connectivity index (χ2v) is 4.17. The van der Waals surface area contributed by atoms with Crippen LogP contribution in [0.4, 0.5) is 10.1 Å². The van der Waals surface area contributed by atoms with Crippen LogP contribution in [0.1, 0.15) is 0 Å². The van der Waals surface area contributed by atoms with Crippen molar-refractivity contribution in [1.29, 1.82) is 0 Å². The van der Waals surface area contributed by atoms with E-state index in [-0.39, 0.29) is 10.3 Å². The van der Waals surface area contributed by atoms with Crippen molar-refractivity contribution >= 4 is 56.5 Å². The van der Waals surface area contributed by atoms with Gasteiger partial charge in [-0.3, -0.25) is 0 Å². The summed E-state index contributed by atoms with van der Waals surface area (Å²) in [5.74, 6) is -0.357. The Morgan fingerprint density at radius 2 is 2.25 bits per heavy atom. The molecule has 0 aliphatic rings. The van der Waals surface area contributed by atoms with E-state index < -0.39 is 0 Å². The van der Waals surface area contributed by atoms with E-state index in [1.807, 2.05) is 22.6 Å². The molecular formula is C7H4ClFINS. The van der Waals surface area contributed by atoms with Gasteiger partial charge in [-0.05, 0) is 46.9 Å². The summed E-state index contributed by atoms with van der Waals surface area (Å²) in [6.45, 7) is 0. The highest BCUT2D eigenvalue weighted by molar-refractivity contribution is 14.1. The molecule has 1 aromatic rings. The zero-order valence-electron chi connectivity index (χ0n) is 5.77. The molecule has 0 heterocycles. The van der Waals surface area contributed by atoms with Crippen LogP contribution in [-0.4, -0.2) is 4.45 Å². The predicted molar refractivity (Wildman–Crippen MR) is 61.2 cm³/mol. The Labute approximate surface area is 93.4 Å². The monoisotopic (exact) mass is 315 g/mol. The van der Waals surface area contributed by atoms with Crippen LogP contribution in [0.2, 0.25) is 0 Å². The molecule has 1 rings (SSSR count). The SMILES string of the molecule is Fc1cccc(I)c1NC(=S)Cl. The standard InChI is InChI=1S/C7H4ClFINS/c8-7(12)11-6-4(9)2-1-3-5(6)10/h1-3H,(H,11,12). The number of para-hydroxylation sites is 1. The number of hydrogen-bond acceptors (Lipinski definition) is 1. The molecule has 64 valence electrons. The van der Waals surface area contributed by atoms with Crippen LogP contribution in [0.25, 0.3) is 0 Å². The van der Waals surface area contributed by atoms with E-state index in [0.717, 1.165) is 3.57 Å². The van der Waals surface area contributed by atoms with Crippen molar-refractivity contribution in [2.24, 2.45) is 0 Å². The van der Waals surface area contributed by atoms with Gasteiger partial charge in [0.25, 0.3) is 0 Å². The smallest absolute Gasteiger partial charge is 0.171 e. The summed E-state index contributed by atoms with van der Waals surface area (Å²) < 4.78 is 13.8. The second-order valence-electron chi connectivity index (χ2n) is 2.00. The van der Waals surface area contributed by atoms with Crippen LogP contribution < -0.4 is 5.32 Å². The first-order chi connectivity index (χ1) is 5.61. The van der Waals surface area contributed by atoms with E-state index in [2.05, 4.69) is 17.5 Å². The summed E-state index contributed by atoms with van der Waals surface area (Å²) >= 11 is 12.0. The molecule has 0 saturated heterocycles.